The number of hydrogen-bond acceptors (Lipinski definition) is 5. The third-order valence-electron chi connectivity index (χ3n) is 2.79. The summed E-state index contributed by atoms with van der Waals surface area (Å²) >= 11 is 0. The van der Waals surface area contributed by atoms with E-state index in [4.69, 9.17) is 10.2 Å². The molecule has 5 heteroatoms. The molecular formula is C13H18N4O. The van der Waals surface area contributed by atoms with Crippen molar-refractivity contribution in [2.45, 2.75) is 26.3 Å². The maximum Gasteiger partial charge on any atom is 0.137 e. The summed E-state index contributed by atoms with van der Waals surface area (Å²) in [4.78, 5) is 10.4. The van der Waals surface area contributed by atoms with Gasteiger partial charge in [-0.3, -0.25) is 0 Å². The molecule has 0 saturated carbocycles. The summed E-state index contributed by atoms with van der Waals surface area (Å²) in [6.45, 7) is 2.78. The lowest BCUT2D eigenvalue weighted by atomic mass is 10.1. The lowest BCUT2D eigenvalue weighted by Crippen LogP contribution is -2.20. The molecule has 0 radical (unpaired) electrons. The molecule has 0 saturated heterocycles. The fraction of sp³-hybridized carbons (Fsp3) is 0.385. The van der Waals surface area contributed by atoms with Gasteiger partial charge in [-0.25, -0.2) is 9.97 Å². The van der Waals surface area contributed by atoms with Crippen LogP contribution in [0.15, 0.2) is 29.1 Å². The van der Waals surface area contributed by atoms with Gasteiger partial charge in [0, 0.05) is 12.6 Å². The first-order valence-electron chi connectivity index (χ1n) is 6.05. The Kier molecular flexibility index (Phi) is 3.82. The van der Waals surface area contributed by atoms with Crippen LogP contribution in [0.25, 0.3) is 0 Å². The number of nitrogen functional groups attached to an aromatic ring is 1. The van der Waals surface area contributed by atoms with E-state index < -0.39 is 0 Å². The molecule has 2 aromatic rings. The van der Waals surface area contributed by atoms with E-state index in [9.17, 15) is 0 Å². The van der Waals surface area contributed by atoms with Gasteiger partial charge in [-0.15, -0.1) is 0 Å². The summed E-state index contributed by atoms with van der Waals surface area (Å²) < 4.78 is 5.34. The SMILES string of the molecule is CCCc1c(N)ncnc1N(C)Cc1ccco1. The highest BCUT2D eigenvalue weighted by molar-refractivity contribution is 5.56. The second-order valence-corrected chi connectivity index (χ2v) is 4.25. The summed E-state index contributed by atoms with van der Waals surface area (Å²) in [6.07, 6.45) is 5.07. The molecule has 0 aliphatic heterocycles. The smallest absolute Gasteiger partial charge is 0.137 e. The van der Waals surface area contributed by atoms with Gasteiger partial charge in [-0.1, -0.05) is 13.3 Å². The van der Waals surface area contributed by atoms with Crippen molar-refractivity contribution in [1.82, 2.24) is 9.97 Å². The lowest BCUT2D eigenvalue weighted by Gasteiger charge is -2.20. The summed E-state index contributed by atoms with van der Waals surface area (Å²) in [5.41, 5.74) is 6.93. The Bertz CT molecular complexity index is 496. The molecule has 5 nitrogen and oxygen atoms in total. The van der Waals surface area contributed by atoms with E-state index in [1.165, 1.54) is 6.33 Å². The van der Waals surface area contributed by atoms with Crippen LogP contribution in [0.2, 0.25) is 0 Å². The standard InChI is InChI=1S/C13H18N4O/c1-3-5-11-12(14)15-9-16-13(11)17(2)8-10-6-4-7-18-10/h4,6-7,9H,3,5,8H2,1-2H3,(H2,14,15,16). The number of aromatic nitrogens is 2. The van der Waals surface area contributed by atoms with Crippen molar-refractivity contribution in [1.29, 1.82) is 0 Å². The fourth-order valence-electron chi connectivity index (χ4n) is 1.95. The van der Waals surface area contributed by atoms with Crippen molar-refractivity contribution in [3.63, 3.8) is 0 Å². The molecule has 0 bridgehead atoms. The van der Waals surface area contributed by atoms with Crippen LogP contribution in [0.3, 0.4) is 0 Å². The zero-order valence-electron chi connectivity index (χ0n) is 10.8. The van der Waals surface area contributed by atoms with Gasteiger partial charge in [-0.05, 0) is 18.6 Å². The van der Waals surface area contributed by atoms with Gasteiger partial charge in [0.05, 0.1) is 12.8 Å². The normalized spacial score (nSPS) is 10.6. The number of hydrogen-bond donors (Lipinski definition) is 1. The lowest BCUT2D eigenvalue weighted by molar-refractivity contribution is 0.506. The first-order chi connectivity index (χ1) is 8.72. The van der Waals surface area contributed by atoms with Crippen LogP contribution >= 0.6 is 0 Å². The van der Waals surface area contributed by atoms with Gasteiger partial charge in [-0.2, -0.15) is 0 Å². The van der Waals surface area contributed by atoms with Gasteiger partial charge >= 0.3 is 0 Å². The predicted octanol–water partition coefficient (Wildman–Crippen LogP) is 2.24. The Hall–Kier alpha value is -2.04. The number of furan rings is 1. The van der Waals surface area contributed by atoms with Crippen LogP contribution in [0.4, 0.5) is 11.6 Å². The van der Waals surface area contributed by atoms with Crippen molar-refractivity contribution in [2.75, 3.05) is 17.7 Å². The molecule has 0 aliphatic rings. The molecule has 18 heavy (non-hydrogen) atoms. The molecule has 0 unspecified atom stereocenters. The van der Waals surface area contributed by atoms with E-state index in [2.05, 4.69) is 16.9 Å². The van der Waals surface area contributed by atoms with E-state index in [1.807, 2.05) is 24.1 Å². The molecule has 0 amide bonds. The quantitative estimate of drug-likeness (QED) is 0.876. The summed E-state index contributed by atoms with van der Waals surface area (Å²) in [7, 11) is 1.98. The Morgan fingerprint density at radius 2 is 2.22 bits per heavy atom. The van der Waals surface area contributed by atoms with Gasteiger partial charge < -0.3 is 15.1 Å². The van der Waals surface area contributed by atoms with Crippen molar-refractivity contribution in [3.8, 4) is 0 Å². The fourth-order valence-corrected chi connectivity index (χ4v) is 1.95. The molecule has 0 spiro atoms. The number of anilines is 2. The van der Waals surface area contributed by atoms with Crippen molar-refractivity contribution >= 4 is 11.6 Å². The predicted molar refractivity (Wildman–Crippen MR) is 71.3 cm³/mol. The summed E-state index contributed by atoms with van der Waals surface area (Å²) in [6, 6.07) is 3.82. The largest absolute Gasteiger partial charge is 0.467 e. The highest BCUT2D eigenvalue weighted by Gasteiger charge is 2.13. The third-order valence-corrected chi connectivity index (χ3v) is 2.79. The molecule has 0 atom stereocenters. The van der Waals surface area contributed by atoms with E-state index in [0.29, 0.717) is 12.4 Å². The van der Waals surface area contributed by atoms with Crippen LogP contribution in [-0.4, -0.2) is 17.0 Å². The van der Waals surface area contributed by atoms with E-state index in [1.54, 1.807) is 6.26 Å². The van der Waals surface area contributed by atoms with Crippen LogP contribution in [0.1, 0.15) is 24.7 Å². The second kappa shape index (κ2) is 5.53. The zero-order valence-corrected chi connectivity index (χ0v) is 10.8. The van der Waals surface area contributed by atoms with Gasteiger partial charge in [0.15, 0.2) is 0 Å². The number of nitrogens with zero attached hydrogens (tertiary/aromatic N) is 3. The molecule has 2 heterocycles. The second-order valence-electron chi connectivity index (χ2n) is 4.25. The topological polar surface area (TPSA) is 68.2 Å². The molecule has 0 aliphatic carbocycles. The van der Waals surface area contributed by atoms with Crippen LogP contribution in [0.5, 0.6) is 0 Å². The van der Waals surface area contributed by atoms with Crippen molar-refractivity contribution in [2.24, 2.45) is 0 Å². The Labute approximate surface area is 107 Å². The Balaban J connectivity index is 2.23. The van der Waals surface area contributed by atoms with Gasteiger partial charge in [0.1, 0.15) is 23.7 Å². The molecule has 0 fully saturated rings. The number of nitrogens with two attached hydrogens (primary N) is 1. The highest BCUT2D eigenvalue weighted by Crippen LogP contribution is 2.23. The molecule has 0 aromatic carbocycles. The van der Waals surface area contributed by atoms with Gasteiger partial charge in [0.2, 0.25) is 0 Å². The Morgan fingerprint density at radius 1 is 1.39 bits per heavy atom. The van der Waals surface area contributed by atoms with E-state index in [-0.39, 0.29) is 0 Å². The van der Waals surface area contributed by atoms with Crippen molar-refractivity contribution in [3.05, 3.63) is 36.0 Å². The monoisotopic (exact) mass is 246 g/mol. The minimum atomic E-state index is 0.563. The number of rotatable bonds is 5. The van der Waals surface area contributed by atoms with Crippen LogP contribution < -0.4 is 10.6 Å². The molecule has 2 aromatic heterocycles. The minimum absolute atomic E-state index is 0.563. The molecule has 2 rings (SSSR count). The first kappa shape index (κ1) is 12.4. The molecule has 96 valence electrons. The Morgan fingerprint density at radius 3 is 2.89 bits per heavy atom. The van der Waals surface area contributed by atoms with Gasteiger partial charge in [0.25, 0.3) is 0 Å². The van der Waals surface area contributed by atoms with Crippen LogP contribution in [-0.2, 0) is 13.0 Å². The average Bonchev–Trinajstić information content (AvgIpc) is 2.84. The first-order valence-corrected chi connectivity index (χ1v) is 6.05. The van der Waals surface area contributed by atoms with E-state index >= 15 is 0 Å². The third kappa shape index (κ3) is 2.61. The maximum absolute atomic E-state index is 5.92. The molecule has 2 N–H and O–H groups in total. The maximum atomic E-state index is 5.92. The average molecular weight is 246 g/mol. The highest BCUT2D eigenvalue weighted by atomic mass is 16.3. The summed E-state index contributed by atoms with van der Waals surface area (Å²) in [5, 5.41) is 0. The van der Waals surface area contributed by atoms with Crippen LogP contribution in [0, 0.1) is 0 Å². The van der Waals surface area contributed by atoms with Crippen molar-refractivity contribution < 1.29 is 4.42 Å². The zero-order chi connectivity index (χ0) is 13.0. The van der Waals surface area contributed by atoms with E-state index in [0.717, 1.165) is 30.0 Å². The minimum Gasteiger partial charge on any atom is -0.467 e. The summed E-state index contributed by atoms with van der Waals surface area (Å²) in [5.74, 6) is 2.34. The molecular weight excluding hydrogens is 228 g/mol.